The van der Waals surface area contributed by atoms with Crippen molar-refractivity contribution in [3.8, 4) is 11.5 Å². The molecule has 134 valence electrons. The highest BCUT2D eigenvalue weighted by Crippen LogP contribution is 2.17. The van der Waals surface area contributed by atoms with Crippen molar-refractivity contribution in [2.45, 2.75) is 0 Å². The first-order chi connectivity index (χ1) is 11.6. The Hall–Kier alpha value is -2.27. The first kappa shape index (κ1) is 20.8. The average molecular weight is 362 g/mol. The van der Waals surface area contributed by atoms with E-state index in [9.17, 15) is 17.6 Å². The lowest BCUT2D eigenvalue weighted by atomic mass is 9.79. The fourth-order valence-corrected chi connectivity index (χ4v) is 1.72. The van der Waals surface area contributed by atoms with Crippen molar-refractivity contribution in [3.05, 3.63) is 47.5 Å². The summed E-state index contributed by atoms with van der Waals surface area (Å²) in [6.45, 7) is 0. The maximum absolute atomic E-state index is 12.9. The summed E-state index contributed by atoms with van der Waals surface area (Å²) in [6.07, 6.45) is 0. The number of hydrogen-bond acceptors (Lipinski definition) is 6. The fourth-order valence-electron chi connectivity index (χ4n) is 1.72. The van der Waals surface area contributed by atoms with Crippen LogP contribution >= 0.6 is 0 Å². The number of phenolic OH excluding ortho intramolecular Hbond substituents is 1. The summed E-state index contributed by atoms with van der Waals surface area (Å²) in [7, 11) is -2.78. The third-order valence-corrected chi connectivity index (χ3v) is 2.94. The predicted octanol–water partition coefficient (Wildman–Crippen LogP) is -0.997. The molecule has 0 aliphatic carbocycles. The number of hydrogen-bond donors (Lipinski definition) is 5. The Balaban J connectivity index is 0.000000251. The summed E-state index contributed by atoms with van der Waals surface area (Å²) in [5, 5.41) is 43.3. The van der Waals surface area contributed by atoms with Crippen LogP contribution in [0.15, 0.2) is 24.3 Å². The Kier molecular flexibility index (Phi) is 7.24. The Morgan fingerprint density at radius 1 is 0.760 bits per heavy atom. The van der Waals surface area contributed by atoms with Gasteiger partial charge in [-0.1, -0.05) is 12.1 Å². The molecule has 0 spiro atoms. The zero-order valence-electron chi connectivity index (χ0n) is 12.6. The lowest BCUT2D eigenvalue weighted by molar-refractivity contribution is 0.369. The van der Waals surface area contributed by atoms with Crippen LogP contribution in [0.4, 0.5) is 17.6 Å². The van der Waals surface area contributed by atoms with Crippen LogP contribution in [-0.2, 0) is 0 Å². The molecule has 0 saturated carbocycles. The van der Waals surface area contributed by atoms with Crippen LogP contribution in [0.25, 0.3) is 0 Å². The summed E-state index contributed by atoms with van der Waals surface area (Å²) in [4.78, 5) is 0. The molecule has 0 atom stereocenters. The zero-order chi connectivity index (χ0) is 19.3. The SMILES string of the molecule is COc1c(B(O)O)ccc(F)c1F.OB(O)c1ccc(F)c(F)c1O. The second kappa shape index (κ2) is 8.72. The average Bonchev–Trinajstić information content (AvgIpc) is 2.55. The minimum absolute atomic E-state index is 0.207. The summed E-state index contributed by atoms with van der Waals surface area (Å²) >= 11 is 0. The quantitative estimate of drug-likeness (QED) is 0.354. The molecule has 25 heavy (non-hydrogen) atoms. The number of rotatable bonds is 3. The summed E-state index contributed by atoms with van der Waals surface area (Å²) in [5.41, 5.74) is -0.671. The molecular weight excluding hydrogens is 350 g/mol. The van der Waals surface area contributed by atoms with Crippen LogP contribution in [0, 0.1) is 23.3 Å². The maximum Gasteiger partial charge on any atom is 0.492 e. The van der Waals surface area contributed by atoms with Crippen molar-refractivity contribution < 1.29 is 47.5 Å². The van der Waals surface area contributed by atoms with Crippen LogP contribution in [0.1, 0.15) is 0 Å². The van der Waals surface area contributed by atoms with Crippen LogP contribution in [0.2, 0.25) is 0 Å². The van der Waals surface area contributed by atoms with E-state index in [0.29, 0.717) is 6.07 Å². The van der Waals surface area contributed by atoms with Crippen molar-refractivity contribution >= 4 is 25.2 Å². The largest absolute Gasteiger partial charge is 0.505 e. The van der Waals surface area contributed by atoms with E-state index < -0.39 is 54.5 Å². The van der Waals surface area contributed by atoms with E-state index in [2.05, 4.69) is 4.74 Å². The number of methoxy groups -OCH3 is 1. The van der Waals surface area contributed by atoms with Gasteiger partial charge < -0.3 is 29.9 Å². The molecule has 2 rings (SSSR count). The molecule has 0 saturated heterocycles. The molecular formula is C13H12B2F4O6. The second-order valence-electron chi connectivity index (χ2n) is 4.53. The Morgan fingerprint density at radius 2 is 1.20 bits per heavy atom. The summed E-state index contributed by atoms with van der Waals surface area (Å²) < 4.78 is 54.8. The monoisotopic (exact) mass is 362 g/mol. The first-order valence-corrected chi connectivity index (χ1v) is 6.52. The first-order valence-electron chi connectivity index (χ1n) is 6.52. The van der Waals surface area contributed by atoms with E-state index in [0.717, 1.165) is 25.3 Å². The molecule has 0 aliphatic heterocycles. The molecule has 0 bridgehead atoms. The topological polar surface area (TPSA) is 110 Å². The molecule has 12 heteroatoms. The van der Waals surface area contributed by atoms with Crippen LogP contribution in [-0.4, -0.2) is 46.5 Å². The van der Waals surface area contributed by atoms with Gasteiger partial charge in [-0.05, 0) is 12.1 Å². The van der Waals surface area contributed by atoms with Crippen molar-refractivity contribution in [1.29, 1.82) is 0 Å². The normalized spacial score (nSPS) is 9.96. The van der Waals surface area contributed by atoms with E-state index in [1.165, 1.54) is 0 Å². The summed E-state index contributed by atoms with van der Waals surface area (Å²) in [6, 6.07) is 3.43. The van der Waals surface area contributed by atoms with Crippen LogP contribution in [0.5, 0.6) is 11.5 Å². The maximum atomic E-state index is 12.9. The smallest absolute Gasteiger partial charge is 0.492 e. The Bertz CT molecular complexity index is 745. The molecule has 0 fully saturated rings. The van der Waals surface area contributed by atoms with Gasteiger partial charge in [0.1, 0.15) is 0 Å². The number of halogens is 4. The van der Waals surface area contributed by atoms with E-state index in [1.807, 2.05) is 0 Å². The van der Waals surface area contributed by atoms with Crippen molar-refractivity contribution in [1.82, 2.24) is 0 Å². The highest BCUT2D eigenvalue weighted by atomic mass is 19.2. The van der Waals surface area contributed by atoms with Gasteiger partial charge in [-0.2, -0.15) is 8.78 Å². The minimum atomic E-state index is -2.01. The molecule has 0 heterocycles. The van der Waals surface area contributed by atoms with E-state index >= 15 is 0 Å². The standard InChI is InChI=1S/C7H7BF2O3.C6H5BF2O3/c1-13-7-4(8(11)12)2-3-5(9)6(7)10;8-4-2-1-3(7(11)12)6(10)5(4)9/h2-3,11-12H,1H3;1-2,10-12H. The van der Waals surface area contributed by atoms with Gasteiger partial charge in [0.25, 0.3) is 0 Å². The molecule has 2 aromatic rings. The van der Waals surface area contributed by atoms with Crippen molar-refractivity contribution in [2.24, 2.45) is 0 Å². The molecule has 6 nitrogen and oxygen atoms in total. The predicted molar refractivity (Wildman–Crippen MR) is 80.6 cm³/mol. The third kappa shape index (κ3) is 4.86. The highest BCUT2D eigenvalue weighted by molar-refractivity contribution is 6.60. The zero-order valence-corrected chi connectivity index (χ0v) is 12.6. The highest BCUT2D eigenvalue weighted by Gasteiger charge is 2.22. The van der Waals surface area contributed by atoms with Gasteiger partial charge in [0.05, 0.1) is 7.11 Å². The van der Waals surface area contributed by atoms with Gasteiger partial charge in [0, 0.05) is 10.9 Å². The Labute approximate surface area is 139 Å². The third-order valence-electron chi connectivity index (χ3n) is 2.94. The number of benzene rings is 2. The molecule has 0 aromatic heterocycles. The lowest BCUT2D eigenvalue weighted by Gasteiger charge is -2.08. The van der Waals surface area contributed by atoms with Crippen molar-refractivity contribution in [2.75, 3.05) is 7.11 Å². The van der Waals surface area contributed by atoms with Gasteiger partial charge in [-0.25, -0.2) is 8.78 Å². The Morgan fingerprint density at radius 3 is 1.64 bits per heavy atom. The van der Waals surface area contributed by atoms with E-state index in [4.69, 9.17) is 25.2 Å². The van der Waals surface area contributed by atoms with Gasteiger partial charge in [0.2, 0.25) is 0 Å². The van der Waals surface area contributed by atoms with Gasteiger partial charge in [0.15, 0.2) is 34.8 Å². The van der Waals surface area contributed by atoms with Gasteiger partial charge >= 0.3 is 14.2 Å². The molecule has 0 aliphatic rings. The summed E-state index contributed by atoms with van der Waals surface area (Å²) in [5.74, 6) is -6.62. The molecule has 2 aromatic carbocycles. The second-order valence-corrected chi connectivity index (χ2v) is 4.53. The number of ether oxygens (including phenoxy) is 1. The van der Waals surface area contributed by atoms with Crippen molar-refractivity contribution in [3.63, 3.8) is 0 Å². The van der Waals surface area contributed by atoms with Gasteiger partial charge in [-0.3, -0.25) is 0 Å². The lowest BCUT2D eigenvalue weighted by Crippen LogP contribution is -2.32. The molecule has 0 radical (unpaired) electrons. The van der Waals surface area contributed by atoms with E-state index in [-0.39, 0.29) is 5.46 Å². The van der Waals surface area contributed by atoms with Crippen LogP contribution < -0.4 is 15.7 Å². The van der Waals surface area contributed by atoms with E-state index in [1.54, 1.807) is 0 Å². The minimum Gasteiger partial charge on any atom is -0.505 e. The fraction of sp³-hybridized carbons (Fsp3) is 0.0769. The number of aromatic hydroxyl groups is 1. The molecule has 5 N–H and O–H groups in total. The number of phenols is 1. The van der Waals surface area contributed by atoms with Crippen LogP contribution in [0.3, 0.4) is 0 Å². The molecule has 0 amide bonds. The molecule has 0 unspecified atom stereocenters. The van der Waals surface area contributed by atoms with Gasteiger partial charge in [-0.15, -0.1) is 0 Å².